The zero-order chi connectivity index (χ0) is 20.8. The molecular weight excluding hydrogens is 389 g/mol. The maximum absolute atomic E-state index is 14.0. The Hall–Kier alpha value is -2.64. The van der Waals surface area contributed by atoms with E-state index >= 15 is 0 Å². The Bertz CT molecular complexity index is 1190. The molecular formula is C22H24FN3O2S. The number of hydrogen-bond donors (Lipinski definition) is 0. The van der Waals surface area contributed by atoms with Gasteiger partial charge in [0.2, 0.25) is 0 Å². The third kappa shape index (κ3) is 3.56. The van der Waals surface area contributed by atoms with E-state index in [1.54, 1.807) is 30.5 Å². The van der Waals surface area contributed by atoms with E-state index in [4.69, 9.17) is 0 Å². The van der Waals surface area contributed by atoms with Crippen molar-refractivity contribution in [2.75, 3.05) is 39.1 Å². The van der Waals surface area contributed by atoms with Gasteiger partial charge in [0.05, 0.1) is 10.4 Å². The minimum atomic E-state index is -3.81. The van der Waals surface area contributed by atoms with Crippen LogP contribution in [-0.2, 0) is 10.0 Å². The highest BCUT2D eigenvalue weighted by atomic mass is 32.2. The van der Waals surface area contributed by atoms with Crippen molar-refractivity contribution in [3.63, 3.8) is 0 Å². The normalized spacial score (nSPS) is 15.5. The van der Waals surface area contributed by atoms with Crippen LogP contribution in [-0.4, -0.2) is 51.5 Å². The SMILES string of the molecule is CN1CC=C(c2cn(S(=O)(=O)c3ccc(N(C)C)cc3)c3ccc(F)cc23)CC1. The van der Waals surface area contributed by atoms with Crippen LogP contribution in [0.1, 0.15) is 12.0 Å². The highest BCUT2D eigenvalue weighted by Crippen LogP contribution is 2.33. The molecule has 0 fully saturated rings. The highest BCUT2D eigenvalue weighted by Gasteiger charge is 2.23. The second-order valence-electron chi connectivity index (χ2n) is 7.64. The number of benzene rings is 2. The standard InChI is InChI=1S/C22H24FN3O2S/c1-24(2)18-5-7-19(8-6-18)29(27,28)26-15-21(16-10-12-25(3)13-11-16)20-14-17(23)4-9-22(20)26/h4-10,14-15H,11-13H2,1-3H3. The number of halogens is 1. The van der Waals surface area contributed by atoms with Crippen molar-refractivity contribution < 1.29 is 12.8 Å². The summed E-state index contributed by atoms with van der Waals surface area (Å²) in [4.78, 5) is 4.30. The molecule has 0 saturated carbocycles. The minimum Gasteiger partial charge on any atom is -0.378 e. The molecule has 0 aliphatic carbocycles. The fourth-order valence-electron chi connectivity index (χ4n) is 3.67. The lowest BCUT2D eigenvalue weighted by molar-refractivity contribution is 0.370. The van der Waals surface area contributed by atoms with Crippen LogP contribution in [0.2, 0.25) is 0 Å². The highest BCUT2D eigenvalue weighted by molar-refractivity contribution is 7.90. The molecule has 3 aromatic rings. The van der Waals surface area contributed by atoms with Crippen LogP contribution in [0.5, 0.6) is 0 Å². The van der Waals surface area contributed by atoms with Crippen molar-refractivity contribution in [3.05, 3.63) is 66.1 Å². The van der Waals surface area contributed by atoms with E-state index in [1.807, 2.05) is 26.0 Å². The Morgan fingerprint density at radius 1 is 1.07 bits per heavy atom. The molecule has 5 nitrogen and oxygen atoms in total. The number of nitrogens with zero attached hydrogens (tertiary/aromatic N) is 3. The third-order valence-corrected chi connectivity index (χ3v) is 7.09. The number of hydrogen-bond acceptors (Lipinski definition) is 4. The van der Waals surface area contributed by atoms with Gasteiger partial charge in [0, 0.05) is 50.0 Å². The number of anilines is 1. The van der Waals surface area contributed by atoms with Gasteiger partial charge in [-0.3, -0.25) is 0 Å². The summed E-state index contributed by atoms with van der Waals surface area (Å²) in [7, 11) is 2.03. The molecule has 4 rings (SSSR count). The van der Waals surface area contributed by atoms with Crippen LogP contribution >= 0.6 is 0 Å². The molecule has 0 amide bonds. The fraction of sp³-hybridized carbons (Fsp3) is 0.273. The number of fused-ring (bicyclic) bond motifs is 1. The molecule has 1 aliphatic rings. The zero-order valence-corrected chi connectivity index (χ0v) is 17.6. The Labute approximate surface area is 170 Å². The predicted molar refractivity (Wildman–Crippen MR) is 115 cm³/mol. The first kappa shape index (κ1) is 19.7. The topological polar surface area (TPSA) is 45.6 Å². The summed E-state index contributed by atoms with van der Waals surface area (Å²) in [6, 6.07) is 11.0. The molecule has 2 heterocycles. The van der Waals surface area contributed by atoms with Gasteiger partial charge in [0.1, 0.15) is 5.82 Å². The molecule has 0 atom stereocenters. The van der Waals surface area contributed by atoms with Crippen LogP contribution in [0.3, 0.4) is 0 Å². The van der Waals surface area contributed by atoms with Crippen LogP contribution in [0, 0.1) is 5.82 Å². The molecule has 0 N–H and O–H groups in total. The molecule has 0 radical (unpaired) electrons. The maximum atomic E-state index is 14.0. The van der Waals surface area contributed by atoms with E-state index < -0.39 is 10.0 Å². The first-order valence-electron chi connectivity index (χ1n) is 9.49. The van der Waals surface area contributed by atoms with E-state index in [9.17, 15) is 12.8 Å². The lowest BCUT2D eigenvalue weighted by Crippen LogP contribution is -2.23. The summed E-state index contributed by atoms with van der Waals surface area (Å²) in [5, 5.41) is 0.620. The van der Waals surface area contributed by atoms with Gasteiger partial charge in [-0.15, -0.1) is 0 Å². The molecule has 29 heavy (non-hydrogen) atoms. The quantitative estimate of drug-likeness (QED) is 0.653. The number of aromatic nitrogens is 1. The van der Waals surface area contributed by atoms with Gasteiger partial charge in [0.15, 0.2) is 0 Å². The van der Waals surface area contributed by atoms with Gasteiger partial charge >= 0.3 is 0 Å². The van der Waals surface area contributed by atoms with E-state index in [0.717, 1.165) is 36.3 Å². The molecule has 2 aromatic carbocycles. The van der Waals surface area contributed by atoms with E-state index in [2.05, 4.69) is 11.0 Å². The average molecular weight is 414 g/mol. The molecule has 0 bridgehead atoms. The van der Waals surface area contributed by atoms with Crippen molar-refractivity contribution in [2.24, 2.45) is 0 Å². The lowest BCUT2D eigenvalue weighted by Gasteiger charge is -2.21. The fourth-order valence-corrected chi connectivity index (χ4v) is 5.04. The van der Waals surface area contributed by atoms with Crippen LogP contribution in [0.4, 0.5) is 10.1 Å². The summed E-state index contributed by atoms with van der Waals surface area (Å²) >= 11 is 0. The Kier molecular flexibility index (Phi) is 4.96. The molecule has 0 spiro atoms. The van der Waals surface area contributed by atoms with Gasteiger partial charge in [0.25, 0.3) is 10.0 Å². The molecule has 0 unspecified atom stereocenters. The van der Waals surface area contributed by atoms with Gasteiger partial charge in [-0.1, -0.05) is 6.08 Å². The van der Waals surface area contributed by atoms with Crippen molar-refractivity contribution in [1.29, 1.82) is 0 Å². The summed E-state index contributed by atoms with van der Waals surface area (Å²) in [5.74, 6) is -0.377. The smallest absolute Gasteiger partial charge is 0.268 e. The zero-order valence-electron chi connectivity index (χ0n) is 16.8. The van der Waals surface area contributed by atoms with E-state index in [-0.39, 0.29) is 10.7 Å². The Balaban J connectivity index is 1.87. The summed E-state index contributed by atoms with van der Waals surface area (Å²) in [5.41, 5.74) is 3.23. The molecule has 7 heteroatoms. The van der Waals surface area contributed by atoms with Gasteiger partial charge in [-0.25, -0.2) is 16.8 Å². The Morgan fingerprint density at radius 2 is 1.79 bits per heavy atom. The van der Waals surface area contributed by atoms with Crippen molar-refractivity contribution >= 4 is 32.2 Å². The average Bonchev–Trinajstić information content (AvgIpc) is 3.08. The third-order valence-electron chi connectivity index (χ3n) is 5.40. The Morgan fingerprint density at radius 3 is 2.41 bits per heavy atom. The first-order valence-corrected chi connectivity index (χ1v) is 10.9. The predicted octanol–water partition coefficient (Wildman–Crippen LogP) is 3.80. The van der Waals surface area contributed by atoms with Gasteiger partial charge < -0.3 is 9.80 Å². The van der Waals surface area contributed by atoms with Crippen molar-refractivity contribution in [2.45, 2.75) is 11.3 Å². The van der Waals surface area contributed by atoms with Crippen LogP contribution in [0.25, 0.3) is 16.5 Å². The van der Waals surface area contributed by atoms with Gasteiger partial charge in [-0.2, -0.15) is 0 Å². The van der Waals surface area contributed by atoms with Gasteiger partial charge in [-0.05, 0) is 61.5 Å². The van der Waals surface area contributed by atoms with Crippen LogP contribution < -0.4 is 4.90 Å². The van der Waals surface area contributed by atoms with E-state index in [1.165, 1.54) is 22.2 Å². The summed E-state index contributed by atoms with van der Waals surface area (Å²) < 4.78 is 42.1. The summed E-state index contributed by atoms with van der Waals surface area (Å²) in [6.07, 6.45) is 4.52. The van der Waals surface area contributed by atoms with Crippen molar-refractivity contribution in [3.8, 4) is 0 Å². The molecule has 1 aliphatic heterocycles. The minimum absolute atomic E-state index is 0.202. The molecule has 152 valence electrons. The van der Waals surface area contributed by atoms with Crippen LogP contribution in [0.15, 0.2) is 59.6 Å². The monoisotopic (exact) mass is 413 g/mol. The largest absolute Gasteiger partial charge is 0.378 e. The lowest BCUT2D eigenvalue weighted by atomic mass is 9.99. The number of rotatable bonds is 4. The number of likely N-dealkylation sites (N-methyl/N-ethyl adjacent to an activating group) is 1. The van der Waals surface area contributed by atoms with E-state index in [0.29, 0.717) is 10.9 Å². The van der Waals surface area contributed by atoms with Crippen molar-refractivity contribution in [1.82, 2.24) is 8.87 Å². The molecule has 1 aromatic heterocycles. The second kappa shape index (κ2) is 7.31. The maximum Gasteiger partial charge on any atom is 0.268 e. The first-order chi connectivity index (χ1) is 13.8. The second-order valence-corrected chi connectivity index (χ2v) is 9.45. The summed E-state index contributed by atoms with van der Waals surface area (Å²) in [6.45, 7) is 1.67. The molecule has 0 saturated heterocycles.